The standard InChI is InChI=1S/C24H28F6O/c1-15(16(2)17-9-11-20(12-10-17)31-24(28,29)30)13-18-7-6-8-19(14-22(3,4)5)21(18)23(25,26)27/h6-12,15-16H,13-14H2,1-5H3. The van der Waals surface area contributed by atoms with Gasteiger partial charge < -0.3 is 4.74 Å². The van der Waals surface area contributed by atoms with E-state index >= 15 is 0 Å². The van der Waals surface area contributed by atoms with Crippen LogP contribution in [0.15, 0.2) is 42.5 Å². The number of rotatable bonds is 6. The fourth-order valence-corrected chi connectivity index (χ4v) is 3.73. The number of benzene rings is 2. The predicted molar refractivity (Wildman–Crippen MR) is 109 cm³/mol. The quantitative estimate of drug-likeness (QED) is 0.407. The Labute approximate surface area is 179 Å². The number of halogens is 6. The molecular weight excluding hydrogens is 418 g/mol. The Morgan fingerprint density at radius 3 is 1.84 bits per heavy atom. The van der Waals surface area contributed by atoms with Crippen molar-refractivity contribution in [3.8, 4) is 5.75 Å². The lowest BCUT2D eigenvalue weighted by Crippen LogP contribution is -2.20. The van der Waals surface area contributed by atoms with Crippen molar-refractivity contribution in [3.63, 3.8) is 0 Å². The molecule has 0 spiro atoms. The van der Waals surface area contributed by atoms with Gasteiger partial charge in [-0.2, -0.15) is 13.2 Å². The van der Waals surface area contributed by atoms with E-state index in [-0.39, 0.29) is 40.5 Å². The first-order valence-electron chi connectivity index (χ1n) is 10.1. The van der Waals surface area contributed by atoms with Crippen LogP contribution in [0, 0.1) is 11.3 Å². The lowest BCUT2D eigenvalue weighted by atomic mass is 9.81. The normalized spacial score (nSPS) is 14.9. The Hall–Kier alpha value is -2.18. The van der Waals surface area contributed by atoms with Gasteiger partial charge in [-0.15, -0.1) is 13.2 Å². The van der Waals surface area contributed by atoms with Gasteiger partial charge in [-0.25, -0.2) is 0 Å². The van der Waals surface area contributed by atoms with Gasteiger partial charge in [-0.1, -0.05) is 65.0 Å². The number of alkyl halides is 6. The summed E-state index contributed by atoms with van der Waals surface area (Å²) in [5.74, 6) is -0.655. The molecule has 2 unspecified atom stereocenters. The molecule has 0 amide bonds. The molecule has 0 radical (unpaired) electrons. The van der Waals surface area contributed by atoms with Crippen molar-refractivity contribution in [1.82, 2.24) is 0 Å². The second-order valence-electron chi connectivity index (χ2n) is 9.27. The first kappa shape index (κ1) is 25.1. The molecule has 2 rings (SSSR count). The van der Waals surface area contributed by atoms with Crippen LogP contribution >= 0.6 is 0 Å². The third-order valence-corrected chi connectivity index (χ3v) is 5.28. The number of ether oxygens (including phenoxy) is 1. The molecule has 1 nitrogen and oxygen atoms in total. The van der Waals surface area contributed by atoms with Crippen LogP contribution in [0.1, 0.15) is 62.8 Å². The van der Waals surface area contributed by atoms with Crippen molar-refractivity contribution >= 4 is 0 Å². The SMILES string of the molecule is CC(Cc1cccc(CC(C)(C)C)c1C(F)(F)F)C(C)c1ccc(OC(F)(F)F)cc1. The van der Waals surface area contributed by atoms with Crippen LogP contribution in [0.5, 0.6) is 5.75 Å². The Morgan fingerprint density at radius 1 is 0.806 bits per heavy atom. The monoisotopic (exact) mass is 446 g/mol. The molecule has 0 aliphatic rings. The van der Waals surface area contributed by atoms with Crippen molar-refractivity contribution in [2.45, 2.75) is 65.9 Å². The summed E-state index contributed by atoms with van der Waals surface area (Å²) >= 11 is 0. The molecule has 7 heteroatoms. The number of hydrogen-bond donors (Lipinski definition) is 0. The first-order valence-corrected chi connectivity index (χ1v) is 10.1. The summed E-state index contributed by atoms with van der Waals surface area (Å²) in [5.41, 5.74) is 0.397. The van der Waals surface area contributed by atoms with Crippen molar-refractivity contribution in [1.29, 1.82) is 0 Å². The molecule has 0 aliphatic carbocycles. The van der Waals surface area contributed by atoms with Crippen LogP contribution in [0.2, 0.25) is 0 Å². The summed E-state index contributed by atoms with van der Waals surface area (Å²) in [4.78, 5) is 0. The molecule has 0 heterocycles. The van der Waals surface area contributed by atoms with Crippen LogP contribution < -0.4 is 4.74 Å². The largest absolute Gasteiger partial charge is 0.573 e. The van der Waals surface area contributed by atoms with Crippen molar-refractivity contribution in [2.75, 3.05) is 0 Å². The van der Waals surface area contributed by atoms with Gasteiger partial charge >= 0.3 is 12.5 Å². The second kappa shape index (κ2) is 9.13. The fraction of sp³-hybridized carbons (Fsp3) is 0.500. The highest BCUT2D eigenvalue weighted by Gasteiger charge is 2.37. The molecule has 2 atom stereocenters. The van der Waals surface area contributed by atoms with Gasteiger partial charge in [0.05, 0.1) is 5.56 Å². The van der Waals surface area contributed by atoms with E-state index in [1.807, 2.05) is 34.6 Å². The van der Waals surface area contributed by atoms with Gasteiger partial charge in [0.15, 0.2) is 0 Å². The second-order valence-corrected chi connectivity index (χ2v) is 9.27. The van der Waals surface area contributed by atoms with E-state index in [4.69, 9.17) is 0 Å². The van der Waals surface area contributed by atoms with Gasteiger partial charge in [0.2, 0.25) is 0 Å². The average molecular weight is 446 g/mol. The number of hydrogen-bond acceptors (Lipinski definition) is 1. The lowest BCUT2D eigenvalue weighted by molar-refractivity contribution is -0.274. The van der Waals surface area contributed by atoms with E-state index in [1.165, 1.54) is 36.4 Å². The van der Waals surface area contributed by atoms with Crippen LogP contribution in [0.25, 0.3) is 0 Å². The maximum absolute atomic E-state index is 13.9. The summed E-state index contributed by atoms with van der Waals surface area (Å²) in [6, 6.07) is 10.2. The Bertz CT molecular complexity index is 860. The zero-order chi connectivity index (χ0) is 23.6. The van der Waals surface area contributed by atoms with Crippen LogP contribution in [0.3, 0.4) is 0 Å². The summed E-state index contributed by atoms with van der Waals surface area (Å²) < 4.78 is 82.7. The van der Waals surface area contributed by atoms with Crippen molar-refractivity contribution in [3.05, 3.63) is 64.7 Å². The maximum Gasteiger partial charge on any atom is 0.573 e. The molecule has 0 saturated carbocycles. The third kappa shape index (κ3) is 7.47. The predicted octanol–water partition coefficient (Wildman–Crippen LogP) is 8.17. The minimum Gasteiger partial charge on any atom is -0.406 e. The van der Waals surface area contributed by atoms with Gasteiger partial charge in [0.25, 0.3) is 0 Å². The molecule has 0 aliphatic heterocycles. The van der Waals surface area contributed by atoms with Gasteiger partial charge in [0, 0.05) is 0 Å². The Kier molecular flexibility index (Phi) is 7.39. The van der Waals surface area contributed by atoms with Crippen LogP contribution in [0.4, 0.5) is 26.3 Å². The minimum atomic E-state index is -4.77. The summed E-state index contributed by atoms with van der Waals surface area (Å²) in [7, 11) is 0. The molecule has 172 valence electrons. The molecule has 2 aromatic rings. The van der Waals surface area contributed by atoms with E-state index in [1.54, 1.807) is 6.07 Å². The van der Waals surface area contributed by atoms with E-state index in [0.717, 1.165) is 5.56 Å². The van der Waals surface area contributed by atoms with E-state index in [0.29, 0.717) is 6.42 Å². The molecule has 0 saturated heterocycles. The highest BCUT2D eigenvalue weighted by molar-refractivity contribution is 5.39. The summed E-state index contributed by atoms with van der Waals surface area (Å²) in [5, 5.41) is 0. The van der Waals surface area contributed by atoms with Crippen molar-refractivity contribution in [2.24, 2.45) is 11.3 Å². The highest BCUT2D eigenvalue weighted by atomic mass is 19.4. The van der Waals surface area contributed by atoms with E-state index in [9.17, 15) is 26.3 Å². The minimum absolute atomic E-state index is 0.160. The average Bonchev–Trinajstić information content (AvgIpc) is 2.58. The fourth-order valence-electron chi connectivity index (χ4n) is 3.73. The Morgan fingerprint density at radius 2 is 1.35 bits per heavy atom. The molecule has 31 heavy (non-hydrogen) atoms. The van der Waals surface area contributed by atoms with Gasteiger partial charge in [0.1, 0.15) is 5.75 Å². The van der Waals surface area contributed by atoms with Crippen molar-refractivity contribution < 1.29 is 31.1 Å². The van der Waals surface area contributed by atoms with E-state index < -0.39 is 18.1 Å². The zero-order valence-electron chi connectivity index (χ0n) is 18.3. The molecule has 0 bridgehead atoms. The molecular formula is C24H28F6O. The van der Waals surface area contributed by atoms with Crippen LogP contribution in [-0.2, 0) is 19.0 Å². The first-order chi connectivity index (χ1) is 14.1. The molecule has 0 N–H and O–H groups in total. The Balaban J connectivity index is 2.26. The molecule has 0 aromatic heterocycles. The van der Waals surface area contributed by atoms with Gasteiger partial charge in [-0.3, -0.25) is 0 Å². The third-order valence-electron chi connectivity index (χ3n) is 5.28. The van der Waals surface area contributed by atoms with Crippen LogP contribution in [-0.4, -0.2) is 6.36 Å². The summed E-state index contributed by atoms with van der Waals surface area (Å²) in [6.07, 6.45) is -8.72. The van der Waals surface area contributed by atoms with E-state index in [2.05, 4.69) is 4.74 Å². The molecule has 0 fully saturated rings. The maximum atomic E-state index is 13.9. The topological polar surface area (TPSA) is 9.23 Å². The smallest absolute Gasteiger partial charge is 0.406 e. The molecule has 2 aromatic carbocycles. The summed E-state index contributed by atoms with van der Waals surface area (Å²) in [6.45, 7) is 9.40. The lowest BCUT2D eigenvalue weighted by Gasteiger charge is -2.26. The van der Waals surface area contributed by atoms with Gasteiger partial charge in [-0.05, 0) is 58.9 Å². The highest BCUT2D eigenvalue weighted by Crippen LogP contribution is 2.39. The zero-order valence-corrected chi connectivity index (χ0v) is 18.3.